The van der Waals surface area contributed by atoms with Crippen molar-refractivity contribution in [2.75, 3.05) is 11.9 Å². The maximum Gasteiger partial charge on any atom is 0.306 e. The quantitative estimate of drug-likeness (QED) is 0.825. The molecule has 0 aliphatic carbocycles. The third-order valence-corrected chi connectivity index (χ3v) is 3.55. The van der Waals surface area contributed by atoms with Crippen LogP contribution in [-0.4, -0.2) is 18.5 Å². The highest BCUT2D eigenvalue weighted by atomic mass is 19.1. The fourth-order valence-electron chi connectivity index (χ4n) is 2.26. The topological polar surface area (TPSA) is 55.4 Å². The minimum absolute atomic E-state index is 0.141. The monoisotopic (exact) mass is 329 g/mol. The van der Waals surface area contributed by atoms with E-state index < -0.39 is 5.97 Å². The number of aryl methyl sites for hydroxylation is 3. The highest BCUT2D eigenvalue weighted by Crippen LogP contribution is 2.15. The van der Waals surface area contributed by atoms with Crippen LogP contribution in [0.1, 0.15) is 23.1 Å². The summed E-state index contributed by atoms with van der Waals surface area (Å²) >= 11 is 0. The molecule has 0 saturated carbocycles. The minimum atomic E-state index is -0.463. The van der Waals surface area contributed by atoms with Crippen molar-refractivity contribution in [1.82, 2.24) is 0 Å². The minimum Gasteiger partial charge on any atom is -0.456 e. The maximum atomic E-state index is 12.8. The van der Waals surface area contributed by atoms with Gasteiger partial charge in [-0.1, -0.05) is 29.8 Å². The van der Waals surface area contributed by atoms with E-state index in [-0.39, 0.29) is 24.8 Å². The van der Waals surface area contributed by atoms with Gasteiger partial charge in [-0.05, 0) is 49.6 Å². The van der Waals surface area contributed by atoms with E-state index in [2.05, 4.69) is 5.32 Å². The van der Waals surface area contributed by atoms with E-state index in [1.54, 1.807) is 12.1 Å². The van der Waals surface area contributed by atoms with Crippen LogP contribution in [0.3, 0.4) is 0 Å². The Hall–Kier alpha value is -2.69. The molecule has 0 bridgehead atoms. The molecule has 2 aromatic carbocycles. The van der Waals surface area contributed by atoms with Gasteiger partial charge in [-0.25, -0.2) is 4.39 Å². The Morgan fingerprint density at radius 2 is 1.79 bits per heavy atom. The first-order valence-electron chi connectivity index (χ1n) is 7.71. The first-order chi connectivity index (χ1) is 11.4. The van der Waals surface area contributed by atoms with E-state index in [4.69, 9.17) is 4.74 Å². The fraction of sp³-hybridized carbons (Fsp3) is 0.263. The maximum absolute atomic E-state index is 12.8. The van der Waals surface area contributed by atoms with Crippen molar-refractivity contribution in [2.45, 2.75) is 26.7 Å². The molecule has 0 fully saturated rings. The van der Waals surface area contributed by atoms with Crippen molar-refractivity contribution in [3.8, 4) is 0 Å². The predicted molar refractivity (Wildman–Crippen MR) is 90.2 cm³/mol. The molecule has 24 heavy (non-hydrogen) atoms. The number of amides is 1. The predicted octanol–water partition coefficient (Wildman–Crippen LogP) is 3.56. The summed E-state index contributed by atoms with van der Waals surface area (Å²) in [5, 5.41) is 2.71. The first-order valence-corrected chi connectivity index (χ1v) is 7.71. The molecule has 2 rings (SSSR count). The number of ether oxygens (including phenoxy) is 1. The van der Waals surface area contributed by atoms with Crippen molar-refractivity contribution in [3.63, 3.8) is 0 Å². The van der Waals surface area contributed by atoms with E-state index in [0.29, 0.717) is 12.1 Å². The second-order valence-corrected chi connectivity index (χ2v) is 5.65. The lowest BCUT2D eigenvalue weighted by Crippen LogP contribution is -2.21. The fourth-order valence-corrected chi connectivity index (χ4v) is 2.26. The van der Waals surface area contributed by atoms with Crippen LogP contribution in [0.2, 0.25) is 0 Å². The van der Waals surface area contributed by atoms with E-state index in [0.717, 1.165) is 16.7 Å². The molecule has 0 aliphatic heterocycles. The Morgan fingerprint density at radius 3 is 2.46 bits per heavy atom. The number of rotatable bonds is 6. The zero-order valence-electron chi connectivity index (χ0n) is 13.8. The molecule has 2 aromatic rings. The van der Waals surface area contributed by atoms with Gasteiger partial charge >= 0.3 is 5.97 Å². The van der Waals surface area contributed by atoms with Crippen LogP contribution in [0, 0.1) is 19.7 Å². The Bertz CT molecular complexity index is 726. The molecule has 0 heterocycles. The third kappa shape index (κ3) is 5.50. The van der Waals surface area contributed by atoms with Crippen LogP contribution in [-0.2, 0) is 20.7 Å². The Labute approximate surface area is 140 Å². The highest BCUT2D eigenvalue weighted by molar-refractivity contribution is 5.93. The SMILES string of the molecule is Cc1ccc(NC(=O)COC(=O)CCc2ccc(F)cc2)c(C)c1. The van der Waals surface area contributed by atoms with Gasteiger partial charge < -0.3 is 10.1 Å². The number of halogens is 1. The lowest BCUT2D eigenvalue weighted by atomic mass is 10.1. The van der Waals surface area contributed by atoms with Gasteiger partial charge in [-0.3, -0.25) is 9.59 Å². The van der Waals surface area contributed by atoms with Crippen LogP contribution in [0.15, 0.2) is 42.5 Å². The van der Waals surface area contributed by atoms with Crippen LogP contribution < -0.4 is 5.32 Å². The zero-order valence-corrected chi connectivity index (χ0v) is 13.8. The molecule has 0 aliphatic rings. The summed E-state index contributed by atoms with van der Waals surface area (Å²) in [5.74, 6) is -1.16. The molecule has 5 heteroatoms. The summed E-state index contributed by atoms with van der Waals surface area (Å²) in [5.41, 5.74) is 3.60. The number of carbonyl (C=O) groups is 2. The number of anilines is 1. The van der Waals surface area contributed by atoms with Gasteiger partial charge in [0.05, 0.1) is 0 Å². The van der Waals surface area contributed by atoms with Gasteiger partial charge in [-0.2, -0.15) is 0 Å². The summed E-state index contributed by atoms with van der Waals surface area (Å²) in [6.07, 6.45) is 0.584. The largest absolute Gasteiger partial charge is 0.456 e. The summed E-state index contributed by atoms with van der Waals surface area (Å²) in [7, 11) is 0. The number of nitrogens with one attached hydrogen (secondary N) is 1. The van der Waals surface area contributed by atoms with Crippen molar-refractivity contribution in [1.29, 1.82) is 0 Å². The molecular weight excluding hydrogens is 309 g/mol. The number of benzene rings is 2. The summed E-state index contributed by atoms with van der Waals surface area (Å²) in [6, 6.07) is 11.6. The molecule has 0 saturated heterocycles. The second-order valence-electron chi connectivity index (χ2n) is 5.65. The molecule has 126 valence electrons. The summed E-state index contributed by atoms with van der Waals surface area (Å²) < 4.78 is 17.7. The molecule has 0 atom stereocenters. The Balaban J connectivity index is 1.74. The highest BCUT2D eigenvalue weighted by Gasteiger charge is 2.09. The Morgan fingerprint density at radius 1 is 1.08 bits per heavy atom. The molecular formula is C19H20FNO3. The number of hydrogen-bond acceptors (Lipinski definition) is 3. The average molecular weight is 329 g/mol. The van der Waals surface area contributed by atoms with Gasteiger partial charge in [0.2, 0.25) is 0 Å². The van der Waals surface area contributed by atoms with Gasteiger partial charge in [0.15, 0.2) is 6.61 Å². The number of hydrogen-bond donors (Lipinski definition) is 1. The van der Waals surface area contributed by atoms with E-state index >= 15 is 0 Å². The van der Waals surface area contributed by atoms with Gasteiger partial charge in [-0.15, -0.1) is 0 Å². The molecule has 4 nitrogen and oxygen atoms in total. The van der Waals surface area contributed by atoms with Crippen LogP contribution in [0.5, 0.6) is 0 Å². The van der Waals surface area contributed by atoms with Gasteiger partial charge in [0.1, 0.15) is 5.82 Å². The molecule has 1 amide bonds. The first kappa shape index (κ1) is 17.7. The lowest BCUT2D eigenvalue weighted by Gasteiger charge is -2.09. The number of carbonyl (C=O) groups excluding carboxylic acids is 2. The van der Waals surface area contributed by atoms with Crippen molar-refractivity contribution < 1.29 is 18.7 Å². The molecule has 0 spiro atoms. The van der Waals surface area contributed by atoms with E-state index in [1.807, 2.05) is 32.0 Å². The average Bonchev–Trinajstić information content (AvgIpc) is 2.55. The van der Waals surface area contributed by atoms with Crippen molar-refractivity contribution >= 4 is 17.6 Å². The molecule has 0 radical (unpaired) electrons. The Kier molecular flexibility index (Phi) is 6.07. The summed E-state index contributed by atoms with van der Waals surface area (Å²) in [4.78, 5) is 23.5. The smallest absolute Gasteiger partial charge is 0.306 e. The van der Waals surface area contributed by atoms with Crippen LogP contribution in [0.4, 0.5) is 10.1 Å². The van der Waals surface area contributed by atoms with E-state index in [1.165, 1.54) is 12.1 Å². The molecule has 0 aromatic heterocycles. The molecule has 0 unspecified atom stereocenters. The molecule has 1 N–H and O–H groups in total. The summed E-state index contributed by atoms with van der Waals surface area (Å²) in [6.45, 7) is 3.55. The van der Waals surface area contributed by atoms with Crippen LogP contribution in [0.25, 0.3) is 0 Å². The third-order valence-electron chi connectivity index (χ3n) is 3.55. The van der Waals surface area contributed by atoms with Crippen molar-refractivity contribution in [3.05, 3.63) is 65.0 Å². The van der Waals surface area contributed by atoms with Crippen molar-refractivity contribution in [2.24, 2.45) is 0 Å². The van der Waals surface area contributed by atoms with Gasteiger partial charge in [0.25, 0.3) is 5.91 Å². The normalized spacial score (nSPS) is 10.3. The zero-order chi connectivity index (χ0) is 17.5. The van der Waals surface area contributed by atoms with Gasteiger partial charge in [0, 0.05) is 12.1 Å². The lowest BCUT2D eigenvalue weighted by molar-refractivity contribution is -0.147. The van der Waals surface area contributed by atoms with Crippen LogP contribution >= 0.6 is 0 Å². The number of esters is 1. The van der Waals surface area contributed by atoms with E-state index in [9.17, 15) is 14.0 Å². The second kappa shape index (κ2) is 8.24. The standard InChI is InChI=1S/C19H20FNO3/c1-13-3-9-17(14(2)11-13)21-18(22)12-24-19(23)10-6-15-4-7-16(20)8-5-15/h3-5,7-9,11H,6,10,12H2,1-2H3,(H,21,22).